The maximum Gasteiger partial charge on any atom is 0.185 e. The van der Waals surface area contributed by atoms with E-state index in [0.717, 1.165) is 12.3 Å². The van der Waals surface area contributed by atoms with Crippen molar-refractivity contribution < 1.29 is 4.79 Å². The molecule has 0 spiro atoms. The summed E-state index contributed by atoms with van der Waals surface area (Å²) in [6.07, 6.45) is 3.12. The molecule has 0 saturated heterocycles. The van der Waals surface area contributed by atoms with Crippen molar-refractivity contribution in [2.24, 2.45) is 0 Å². The van der Waals surface area contributed by atoms with Gasteiger partial charge in [-0.1, -0.05) is 11.8 Å². The van der Waals surface area contributed by atoms with Crippen molar-refractivity contribution in [2.75, 3.05) is 5.75 Å². The van der Waals surface area contributed by atoms with Gasteiger partial charge in [0.25, 0.3) is 0 Å². The Hall–Kier alpha value is -0.840. The molecule has 1 heterocycles. The van der Waals surface area contributed by atoms with E-state index in [2.05, 4.69) is 10.1 Å². The number of rotatable bonds is 3. The normalized spacial score (nSPS) is 9.91. The molecular weight excluding hydrogens is 162 g/mol. The van der Waals surface area contributed by atoms with E-state index in [1.807, 2.05) is 0 Å². The molecule has 0 aliphatic carbocycles. The molecule has 1 aromatic heterocycles. The molecule has 5 heteroatoms. The Balaban J connectivity index is 2.19. The lowest BCUT2D eigenvalue weighted by Crippen LogP contribution is -2.01. The topological polar surface area (TPSA) is 47.8 Å². The first kappa shape index (κ1) is 8.26. The monoisotopic (exact) mass is 171 g/mol. The van der Waals surface area contributed by atoms with E-state index in [9.17, 15) is 4.79 Å². The summed E-state index contributed by atoms with van der Waals surface area (Å²) in [5, 5.41) is 4.04. The molecule has 0 aromatic carbocycles. The van der Waals surface area contributed by atoms with Gasteiger partial charge in [-0.15, -0.1) is 0 Å². The van der Waals surface area contributed by atoms with Gasteiger partial charge in [0.05, 0.1) is 6.54 Å². The molecule has 4 nitrogen and oxygen atoms in total. The second kappa shape index (κ2) is 4.12. The fourth-order valence-electron chi connectivity index (χ4n) is 0.631. The van der Waals surface area contributed by atoms with Gasteiger partial charge in [0, 0.05) is 12.7 Å². The summed E-state index contributed by atoms with van der Waals surface area (Å²) in [6, 6.07) is 0. The predicted molar refractivity (Wildman–Crippen MR) is 43.2 cm³/mol. The zero-order chi connectivity index (χ0) is 8.10. The number of aromatic nitrogens is 3. The van der Waals surface area contributed by atoms with Crippen molar-refractivity contribution in [2.45, 2.75) is 13.5 Å². The number of hydrogen-bond donors (Lipinski definition) is 0. The number of carbonyl (C=O) groups is 1. The highest BCUT2D eigenvalue weighted by atomic mass is 32.2. The smallest absolute Gasteiger partial charge is 0.185 e. The quantitative estimate of drug-likeness (QED) is 0.666. The number of nitrogens with zero attached hydrogens (tertiary/aromatic N) is 3. The van der Waals surface area contributed by atoms with Crippen molar-refractivity contribution in [3.8, 4) is 0 Å². The Labute approximate surface area is 69.0 Å². The third kappa shape index (κ3) is 3.18. The van der Waals surface area contributed by atoms with Gasteiger partial charge in [0.15, 0.2) is 5.12 Å². The van der Waals surface area contributed by atoms with Crippen LogP contribution in [0.25, 0.3) is 0 Å². The van der Waals surface area contributed by atoms with Crippen LogP contribution in [-0.2, 0) is 11.3 Å². The highest BCUT2D eigenvalue weighted by molar-refractivity contribution is 8.13. The van der Waals surface area contributed by atoms with Gasteiger partial charge in [-0.3, -0.25) is 9.48 Å². The third-order valence-corrected chi connectivity index (χ3v) is 1.89. The van der Waals surface area contributed by atoms with E-state index >= 15 is 0 Å². The number of aryl methyl sites for hydroxylation is 1. The first-order chi connectivity index (χ1) is 5.29. The summed E-state index contributed by atoms with van der Waals surface area (Å²) in [4.78, 5) is 14.3. The first-order valence-corrected chi connectivity index (χ1v) is 4.23. The lowest BCUT2D eigenvalue weighted by molar-refractivity contribution is -0.109. The molecule has 1 aromatic rings. The summed E-state index contributed by atoms with van der Waals surface area (Å²) in [7, 11) is 0. The summed E-state index contributed by atoms with van der Waals surface area (Å²) in [5.74, 6) is 0.763. The third-order valence-electron chi connectivity index (χ3n) is 1.09. The molecule has 0 unspecified atom stereocenters. The van der Waals surface area contributed by atoms with Gasteiger partial charge in [-0.2, -0.15) is 5.10 Å². The highest BCUT2D eigenvalue weighted by Gasteiger charge is 1.94. The first-order valence-electron chi connectivity index (χ1n) is 3.25. The number of thioether (sulfide) groups is 1. The van der Waals surface area contributed by atoms with Crippen LogP contribution in [0.3, 0.4) is 0 Å². The molecule has 0 atom stereocenters. The molecule has 0 saturated carbocycles. The van der Waals surface area contributed by atoms with Gasteiger partial charge >= 0.3 is 0 Å². The molecule has 0 fully saturated rings. The predicted octanol–water partition coefficient (Wildman–Crippen LogP) is 0.558. The molecule has 0 aliphatic heterocycles. The standard InChI is InChI=1S/C6H9N3OS/c1-6(10)11-3-2-9-5-7-4-8-9/h4-5H,2-3H2,1H3. The second-order valence-electron chi connectivity index (χ2n) is 2.00. The van der Waals surface area contributed by atoms with E-state index in [4.69, 9.17) is 0 Å². The van der Waals surface area contributed by atoms with Crippen LogP contribution in [0.15, 0.2) is 12.7 Å². The molecular formula is C6H9N3OS. The number of hydrogen-bond acceptors (Lipinski definition) is 4. The maximum absolute atomic E-state index is 10.5. The lowest BCUT2D eigenvalue weighted by Gasteiger charge is -1.96. The van der Waals surface area contributed by atoms with Crippen LogP contribution in [-0.4, -0.2) is 25.6 Å². The summed E-state index contributed by atoms with van der Waals surface area (Å²) >= 11 is 1.30. The average molecular weight is 171 g/mol. The van der Waals surface area contributed by atoms with E-state index in [1.54, 1.807) is 17.9 Å². The van der Waals surface area contributed by atoms with Crippen LogP contribution in [0.5, 0.6) is 0 Å². The van der Waals surface area contributed by atoms with E-state index in [-0.39, 0.29) is 5.12 Å². The Morgan fingerprint density at radius 2 is 2.55 bits per heavy atom. The highest BCUT2D eigenvalue weighted by Crippen LogP contribution is 2.00. The second-order valence-corrected chi connectivity index (χ2v) is 3.27. The minimum atomic E-state index is 0.144. The number of carbonyl (C=O) groups excluding carboxylic acids is 1. The van der Waals surface area contributed by atoms with E-state index in [1.165, 1.54) is 18.1 Å². The van der Waals surface area contributed by atoms with Crippen LogP contribution in [0.1, 0.15) is 6.92 Å². The van der Waals surface area contributed by atoms with Crippen LogP contribution in [0.4, 0.5) is 0 Å². The van der Waals surface area contributed by atoms with Gasteiger partial charge in [0.2, 0.25) is 0 Å². The van der Waals surface area contributed by atoms with Crippen molar-refractivity contribution in [3.05, 3.63) is 12.7 Å². The van der Waals surface area contributed by atoms with Crippen molar-refractivity contribution in [1.29, 1.82) is 0 Å². The molecule has 1 rings (SSSR count). The fraction of sp³-hybridized carbons (Fsp3) is 0.500. The van der Waals surface area contributed by atoms with E-state index in [0.29, 0.717) is 0 Å². The molecule has 0 radical (unpaired) electrons. The van der Waals surface area contributed by atoms with Crippen LogP contribution < -0.4 is 0 Å². The van der Waals surface area contributed by atoms with Crippen LogP contribution in [0.2, 0.25) is 0 Å². The minimum absolute atomic E-state index is 0.144. The van der Waals surface area contributed by atoms with Gasteiger partial charge in [-0.05, 0) is 0 Å². The maximum atomic E-state index is 10.5. The molecule has 0 bridgehead atoms. The Morgan fingerprint density at radius 3 is 3.09 bits per heavy atom. The minimum Gasteiger partial charge on any atom is -0.288 e. The fourth-order valence-corrected chi connectivity index (χ4v) is 1.20. The molecule has 0 N–H and O–H groups in total. The molecule has 11 heavy (non-hydrogen) atoms. The molecule has 60 valence electrons. The van der Waals surface area contributed by atoms with Crippen LogP contribution in [0, 0.1) is 0 Å². The van der Waals surface area contributed by atoms with Gasteiger partial charge in [0.1, 0.15) is 12.7 Å². The molecule has 0 aliphatic rings. The van der Waals surface area contributed by atoms with E-state index < -0.39 is 0 Å². The SMILES string of the molecule is CC(=O)SCCn1cncn1. The van der Waals surface area contributed by atoms with Crippen molar-refractivity contribution >= 4 is 16.9 Å². The van der Waals surface area contributed by atoms with Crippen molar-refractivity contribution in [3.63, 3.8) is 0 Å². The van der Waals surface area contributed by atoms with Crippen molar-refractivity contribution in [1.82, 2.24) is 14.8 Å². The summed E-state index contributed by atoms with van der Waals surface area (Å²) in [6.45, 7) is 2.30. The Kier molecular flexibility index (Phi) is 3.10. The largest absolute Gasteiger partial charge is 0.288 e. The molecule has 0 amide bonds. The lowest BCUT2D eigenvalue weighted by atomic mass is 10.8. The van der Waals surface area contributed by atoms with Crippen LogP contribution >= 0.6 is 11.8 Å². The van der Waals surface area contributed by atoms with Gasteiger partial charge < -0.3 is 0 Å². The average Bonchev–Trinajstić information content (AvgIpc) is 2.39. The summed E-state index contributed by atoms with van der Waals surface area (Å²) < 4.78 is 1.70. The van der Waals surface area contributed by atoms with Gasteiger partial charge in [-0.25, -0.2) is 4.98 Å². The zero-order valence-corrected chi connectivity index (χ0v) is 7.04. The zero-order valence-electron chi connectivity index (χ0n) is 6.23. The summed E-state index contributed by atoms with van der Waals surface area (Å²) in [5.41, 5.74) is 0. The Morgan fingerprint density at radius 1 is 1.73 bits per heavy atom. The Bertz CT molecular complexity index is 222.